The quantitative estimate of drug-likeness (QED) is 0.863. The number of benzene rings is 1. The Balaban J connectivity index is 2.04. The third kappa shape index (κ3) is 1.93. The fourth-order valence-corrected chi connectivity index (χ4v) is 3.02. The van der Waals surface area contributed by atoms with E-state index in [9.17, 15) is 19.5 Å². The maximum Gasteiger partial charge on any atom is 0.329 e. The molecule has 0 bridgehead atoms. The minimum absolute atomic E-state index is 0.254. The highest BCUT2D eigenvalue weighted by Gasteiger charge is 2.46. The lowest BCUT2D eigenvalue weighted by Crippen LogP contribution is -2.50. The molecule has 2 heterocycles. The first-order valence-corrected chi connectivity index (χ1v) is 7.09. The molecule has 1 atom stereocenters. The lowest BCUT2D eigenvalue weighted by molar-refractivity contribution is -0.147. The number of carbonyl (C=O) groups is 2. The molecule has 0 radical (unpaired) electrons. The molecule has 2 N–H and O–H groups in total. The third-order valence-corrected chi connectivity index (χ3v) is 4.50. The Bertz CT molecular complexity index is 835. The van der Waals surface area contributed by atoms with E-state index in [4.69, 9.17) is 0 Å². The molecule has 1 aromatic carbocycles. The van der Waals surface area contributed by atoms with E-state index in [1.165, 1.54) is 9.47 Å². The van der Waals surface area contributed by atoms with Crippen molar-refractivity contribution in [2.24, 2.45) is 7.05 Å². The van der Waals surface area contributed by atoms with Crippen molar-refractivity contribution in [3.8, 4) is 0 Å². The van der Waals surface area contributed by atoms with Gasteiger partial charge in [0.25, 0.3) is 5.91 Å². The minimum Gasteiger partial charge on any atom is -0.480 e. The number of imidazole rings is 1. The zero-order chi connectivity index (χ0) is 16.1. The van der Waals surface area contributed by atoms with Gasteiger partial charge in [-0.3, -0.25) is 9.36 Å². The summed E-state index contributed by atoms with van der Waals surface area (Å²) in [6.07, 6.45) is 1.11. The number of carboxylic acid groups (broad SMARTS) is 1. The number of aromatic amines is 1. The second-order valence-corrected chi connectivity index (χ2v) is 5.86. The summed E-state index contributed by atoms with van der Waals surface area (Å²) in [6, 6.07) is 4.90. The Labute approximate surface area is 126 Å². The summed E-state index contributed by atoms with van der Waals surface area (Å²) in [7, 11) is 1.62. The van der Waals surface area contributed by atoms with Crippen molar-refractivity contribution in [1.82, 2.24) is 14.5 Å². The molecule has 7 nitrogen and oxygen atoms in total. The van der Waals surface area contributed by atoms with Crippen LogP contribution in [0.1, 0.15) is 30.1 Å². The van der Waals surface area contributed by atoms with Crippen LogP contribution >= 0.6 is 0 Å². The van der Waals surface area contributed by atoms with Gasteiger partial charge >= 0.3 is 11.7 Å². The highest BCUT2D eigenvalue weighted by molar-refractivity contribution is 6.00. The van der Waals surface area contributed by atoms with Crippen LogP contribution in [0.5, 0.6) is 0 Å². The average Bonchev–Trinajstić information content (AvgIpc) is 3.01. The summed E-state index contributed by atoms with van der Waals surface area (Å²) in [4.78, 5) is 39.9. The number of hydrogen-bond donors (Lipinski definition) is 2. The molecule has 1 amide bonds. The van der Waals surface area contributed by atoms with Crippen LogP contribution in [0, 0.1) is 0 Å². The molecule has 7 heteroatoms. The van der Waals surface area contributed by atoms with Crippen molar-refractivity contribution in [3.63, 3.8) is 0 Å². The van der Waals surface area contributed by atoms with Crippen LogP contribution in [-0.2, 0) is 11.8 Å². The van der Waals surface area contributed by atoms with E-state index in [1.54, 1.807) is 32.2 Å². The number of nitrogens with one attached hydrogen (secondary N) is 1. The second kappa shape index (κ2) is 4.72. The van der Waals surface area contributed by atoms with E-state index in [-0.39, 0.29) is 11.6 Å². The standard InChI is InChI=1S/C15H17N3O4/c1-15(13(20)21)6-3-7-18(15)12(19)9-4-5-10-11(8-9)17(2)14(22)16-10/h4-5,8H,3,6-7H2,1-2H3,(H,16,22)(H,20,21). The van der Waals surface area contributed by atoms with Gasteiger partial charge in [0, 0.05) is 19.2 Å². The molecule has 1 aliphatic heterocycles. The fourth-order valence-electron chi connectivity index (χ4n) is 3.02. The van der Waals surface area contributed by atoms with Crippen molar-refractivity contribution >= 4 is 22.9 Å². The number of carboxylic acids is 1. The van der Waals surface area contributed by atoms with Crippen molar-refractivity contribution < 1.29 is 14.7 Å². The van der Waals surface area contributed by atoms with Crippen LogP contribution in [0.4, 0.5) is 0 Å². The van der Waals surface area contributed by atoms with Gasteiger partial charge in [0.05, 0.1) is 11.0 Å². The summed E-state index contributed by atoms with van der Waals surface area (Å²) >= 11 is 0. The van der Waals surface area contributed by atoms with E-state index in [1.807, 2.05) is 0 Å². The van der Waals surface area contributed by atoms with Crippen molar-refractivity contribution in [2.75, 3.05) is 6.54 Å². The van der Waals surface area contributed by atoms with Crippen LogP contribution in [0.3, 0.4) is 0 Å². The monoisotopic (exact) mass is 303 g/mol. The number of amides is 1. The number of hydrogen-bond acceptors (Lipinski definition) is 3. The Morgan fingerprint density at radius 3 is 2.77 bits per heavy atom. The highest BCUT2D eigenvalue weighted by Crippen LogP contribution is 2.31. The largest absolute Gasteiger partial charge is 0.480 e. The van der Waals surface area contributed by atoms with E-state index in [2.05, 4.69) is 4.98 Å². The smallest absolute Gasteiger partial charge is 0.329 e. The number of rotatable bonds is 2. The van der Waals surface area contributed by atoms with Crippen molar-refractivity contribution in [2.45, 2.75) is 25.3 Å². The molecular formula is C15H17N3O4. The molecule has 1 aromatic heterocycles. The summed E-state index contributed by atoms with van der Waals surface area (Å²) in [5.41, 5.74) is 0.224. The summed E-state index contributed by atoms with van der Waals surface area (Å²) < 4.78 is 1.42. The summed E-state index contributed by atoms with van der Waals surface area (Å²) in [5, 5.41) is 9.41. The van der Waals surface area contributed by atoms with Gasteiger partial charge in [0.2, 0.25) is 0 Å². The normalized spacial score (nSPS) is 21.5. The Hall–Kier alpha value is -2.57. The van der Waals surface area contributed by atoms with Gasteiger partial charge in [-0.1, -0.05) is 0 Å². The zero-order valence-corrected chi connectivity index (χ0v) is 12.4. The van der Waals surface area contributed by atoms with E-state index < -0.39 is 11.5 Å². The maximum atomic E-state index is 12.7. The molecule has 0 saturated carbocycles. The molecular weight excluding hydrogens is 286 g/mol. The third-order valence-electron chi connectivity index (χ3n) is 4.50. The van der Waals surface area contributed by atoms with Crippen LogP contribution in [0.2, 0.25) is 0 Å². The first-order chi connectivity index (χ1) is 10.3. The topological polar surface area (TPSA) is 95.4 Å². The SMILES string of the molecule is Cn1c(=O)[nH]c2ccc(C(=O)N3CCCC3(C)C(=O)O)cc21. The molecule has 3 rings (SSSR count). The Morgan fingerprint density at radius 2 is 2.09 bits per heavy atom. The van der Waals surface area contributed by atoms with Gasteiger partial charge in [0.1, 0.15) is 5.54 Å². The lowest BCUT2D eigenvalue weighted by atomic mass is 9.98. The van der Waals surface area contributed by atoms with Gasteiger partial charge in [0.15, 0.2) is 0 Å². The molecule has 1 fully saturated rings. The number of nitrogens with zero attached hydrogens (tertiary/aromatic N) is 2. The van der Waals surface area contributed by atoms with Crippen molar-refractivity contribution in [1.29, 1.82) is 0 Å². The molecule has 116 valence electrons. The Kier molecular flexibility index (Phi) is 3.09. The van der Waals surface area contributed by atoms with Gasteiger partial charge in [-0.25, -0.2) is 9.59 Å². The number of fused-ring (bicyclic) bond motifs is 1. The zero-order valence-electron chi connectivity index (χ0n) is 12.4. The number of H-pyrrole nitrogens is 1. The predicted octanol–water partition coefficient (Wildman–Crippen LogP) is 0.946. The summed E-state index contributed by atoms with van der Waals surface area (Å²) in [5.74, 6) is -1.31. The maximum absolute atomic E-state index is 12.7. The predicted molar refractivity (Wildman–Crippen MR) is 79.9 cm³/mol. The molecule has 1 saturated heterocycles. The first kappa shape index (κ1) is 14.4. The second-order valence-electron chi connectivity index (χ2n) is 5.86. The lowest BCUT2D eigenvalue weighted by Gasteiger charge is -2.31. The number of carbonyl (C=O) groups excluding carboxylic acids is 1. The molecule has 0 aliphatic carbocycles. The van der Waals surface area contributed by atoms with E-state index in [0.717, 1.165) is 0 Å². The van der Waals surface area contributed by atoms with Crippen LogP contribution in [0.25, 0.3) is 11.0 Å². The van der Waals surface area contributed by atoms with Gasteiger partial charge in [-0.15, -0.1) is 0 Å². The number of aromatic nitrogens is 2. The van der Waals surface area contributed by atoms with Crippen molar-refractivity contribution in [3.05, 3.63) is 34.2 Å². The minimum atomic E-state index is -1.17. The van der Waals surface area contributed by atoms with Gasteiger partial charge < -0.3 is 15.0 Å². The Morgan fingerprint density at radius 1 is 1.36 bits per heavy atom. The molecule has 2 aromatic rings. The molecule has 1 aliphatic rings. The number of aryl methyl sites for hydroxylation is 1. The van der Waals surface area contributed by atoms with Gasteiger partial charge in [-0.2, -0.15) is 0 Å². The van der Waals surface area contributed by atoms with Crippen LogP contribution < -0.4 is 5.69 Å². The van der Waals surface area contributed by atoms with Gasteiger partial charge in [-0.05, 0) is 38.0 Å². The molecule has 0 spiro atoms. The highest BCUT2D eigenvalue weighted by atomic mass is 16.4. The number of aliphatic carboxylic acids is 1. The number of likely N-dealkylation sites (tertiary alicyclic amines) is 1. The molecule has 1 unspecified atom stereocenters. The average molecular weight is 303 g/mol. The molecule has 22 heavy (non-hydrogen) atoms. The van der Waals surface area contributed by atoms with Crippen LogP contribution in [0.15, 0.2) is 23.0 Å². The first-order valence-electron chi connectivity index (χ1n) is 7.09. The summed E-state index contributed by atoms with van der Waals surface area (Å²) in [6.45, 7) is 2.00. The van der Waals surface area contributed by atoms with E-state index in [0.29, 0.717) is 36.0 Å². The fraction of sp³-hybridized carbons (Fsp3) is 0.400. The van der Waals surface area contributed by atoms with E-state index >= 15 is 0 Å². The van der Waals surface area contributed by atoms with Crippen LogP contribution in [-0.4, -0.2) is 43.5 Å².